The molecule has 0 bridgehead atoms. The van der Waals surface area contributed by atoms with E-state index in [9.17, 15) is 4.79 Å². The number of carbonyl (C=O) groups is 1. The number of benzene rings is 1. The molecule has 0 unspecified atom stereocenters. The predicted molar refractivity (Wildman–Crippen MR) is 69.0 cm³/mol. The van der Waals surface area contributed by atoms with Crippen molar-refractivity contribution in [1.29, 1.82) is 0 Å². The van der Waals surface area contributed by atoms with E-state index >= 15 is 0 Å². The Labute approximate surface area is 103 Å². The van der Waals surface area contributed by atoms with Gasteiger partial charge in [0.25, 0.3) is 0 Å². The van der Waals surface area contributed by atoms with Crippen molar-refractivity contribution in [3.63, 3.8) is 0 Å². The Kier molecular flexibility index (Phi) is 5.16. The van der Waals surface area contributed by atoms with Crippen LogP contribution in [-0.2, 0) is 9.53 Å². The lowest BCUT2D eigenvalue weighted by atomic mass is 9.97. The Bertz CT molecular complexity index is 388. The highest BCUT2D eigenvalue weighted by Gasteiger charge is 2.14. The molecule has 0 aliphatic rings. The van der Waals surface area contributed by atoms with E-state index in [-0.39, 0.29) is 18.6 Å². The van der Waals surface area contributed by atoms with Crippen molar-refractivity contribution in [2.75, 3.05) is 13.7 Å². The van der Waals surface area contributed by atoms with E-state index in [2.05, 4.69) is 44.3 Å². The van der Waals surface area contributed by atoms with Crippen LogP contribution < -0.4 is 5.32 Å². The third-order valence-corrected chi connectivity index (χ3v) is 2.82. The molecule has 0 aromatic heterocycles. The van der Waals surface area contributed by atoms with Crippen LogP contribution in [0.3, 0.4) is 0 Å². The maximum atomic E-state index is 11.5. The summed E-state index contributed by atoms with van der Waals surface area (Å²) in [5.74, 6) is -0.0701. The van der Waals surface area contributed by atoms with Gasteiger partial charge in [-0.15, -0.1) is 0 Å². The summed E-state index contributed by atoms with van der Waals surface area (Å²) in [5, 5.41) is 2.98. The molecule has 0 radical (unpaired) electrons. The molecule has 0 aliphatic carbocycles. The monoisotopic (exact) mass is 235 g/mol. The van der Waals surface area contributed by atoms with Crippen molar-refractivity contribution in [1.82, 2.24) is 5.32 Å². The van der Waals surface area contributed by atoms with Gasteiger partial charge in [-0.3, -0.25) is 4.79 Å². The van der Waals surface area contributed by atoms with Crippen molar-refractivity contribution < 1.29 is 9.53 Å². The van der Waals surface area contributed by atoms with Crippen LogP contribution in [0.25, 0.3) is 0 Å². The summed E-state index contributed by atoms with van der Waals surface area (Å²) < 4.78 is 4.82. The van der Waals surface area contributed by atoms with Gasteiger partial charge in [0, 0.05) is 7.11 Å². The zero-order chi connectivity index (χ0) is 12.8. The van der Waals surface area contributed by atoms with Crippen molar-refractivity contribution in [2.24, 2.45) is 0 Å². The fraction of sp³-hybridized carbons (Fsp3) is 0.500. The largest absolute Gasteiger partial charge is 0.375 e. The molecule has 1 amide bonds. The molecule has 3 nitrogen and oxygen atoms in total. The van der Waals surface area contributed by atoms with Crippen LogP contribution in [0.2, 0.25) is 0 Å². The Hall–Kier alpha value is -1.35. The molecule has 0 saturated carbocycles. The van der Waals surface area contributed by atoms with E-state index in [1.807, 2.05) is 0 Å². The van der Waals surface area contributed by atoms with Gasteiger partial charge in [-0.1, -0.05) is 30.7 Å². The first kappa shape index (κ1) is 13.7. The highest BCUT2D eigenvalue weighted by molar-refractivity contribution is 5.77. The molecule has 0 heterocycles. The Morgan fingerprint density at radius 1 is 1.41 bits per heavy atom. The van der Waals surface area contributed by atoms with Gasteiger partial charge in [-0.2, -0.15) is 0 Å². The molecule has 94 valence electrons. The first-order valence-electron chi connectivity index (χ1n) is 5.94. The standard InChI is InChI=1S/C14H21NO2/c1-5-13(15-14(16)9-17-4)12-7-6-10(2)8-11(12)3/h6-8,13H,5,9H2,1-4H3,(H,15,16)/t13-/m0/s1. The second-order valence-corrected chi connectivity index (χ2v) is 4.32. The molecule has 17 heavy (non-hydrogen) atoms. The molecule has 1 N–H and O–H groups in total. The van der Waals surface area contributed by atoms with Crippen LogP contribution in [0.15, 0.2) is 18.2 Å². The number of rotatable bonds is 5. The third-order valence-electron chi connectivity index (χ3n) is 2.82. The highest BCUT2D eigenvalue weighted by Crippen LogP contribution is 2.21. The predicted octanol–water partition coefficient (Wildman–Crippen LogP) is 2.52. The zero-order valence-corrected chi connectivity index (χ0v) is 11.0. The number of carbonyl (C=O) groups excluding carboxylic acids is 1. The van der Waals surface area contributed by atoms with E-state index in [4.69, 9.17) is 4.74 Å². The van der Waals surface area contributed by atoms with Gasteiger partial charge >= 0.3 is 0 Å². The number of hydrogen-bond acceptors (Lipinski definition) is 2. The molecule has 1 rings (SSSR count). The van der Waals surface area contributed by atoms with E-state index in [0.717, 1.165) is 6.42 Å². The van der Waals surface area contributed by atoms with Crippen LogP contribution >= 0.6 is 0 Å². The van der Waals surface area contributed by atoms with Gasteiger partial charge in [0.05, 0.1) is 6.04 Å². The van der Waals surface area contributed by atoms with Gasteiger partial charge < -0.3 is 10.1 Å². The molecule has 0 spiro atoms. The minimum absolute atomic E-state index is 0.0678. The number of ether oxygens (including phenoxy) is 1. The lowest BCUT2D eigenvalue weighted by Gasteiger charge is -2.19. The first-order valence-corrected chi connectivity index (χ1v) is 5.94. The number of methoxy groups -OCH3 is 1. The molecule has 0 fully saturated rings. The zero-order valence-electron chi connectivity index (χ0n) is 11.0. The lowest BCUT2D eigenvalue weighted by molar-refractivity contribution is -0.125. The number of amides is 1. The topological polar surface area (TPSA) is 38.3 Å². The van der Waals surface area contributed by atoms with Crippen molar-refractivity contribution in [3.05, 3.63) is 34.9 Å². The minimum Gasteiger partial charge on any atom is -0.375 e. The highest BCUT2D eigenvalue weighted by atomic mass is 16.5. The van der Waals surface area contributed by atoms with Gasteiger partial charge in [-0.05, 0) is 31.4 Å². The molecule has 0 saturated heterocycles. The van der Waals surface area contributed by atoms with E-state index in [1.54, 1.807) is 0 Å². The van der Waals surface area contributed by atoms with Gasteiger partial charge in [-0.25, -0.2) is 0 Å². The van der Waals surface area contributed by atoms with Crippen LogP contribution in [-0.4, -0.2) is 19.6 Å². The lowest BCUT2D eigenvalue weighted by Crippen LogP contribution is -2.31. The summed E-state index contributed by atoms with van der Waals surface area (Å²) in [6.45, 7) is 6.33. The number of aryl methyl sites for hydroxylation is 2. The van der Waals surface area contributed by atoms with E-state index in [0.29, 0.717) is 0 Å². The van der Waals surface area contributed by atoms with Crippen LogP contribution in [0, 0.1) is 13.8 Å². The third kappa shape index (κ3) is 3.86. The van der Waals surface area contributed by atoms with Crippen LogP contribution in [0.4, 0.5) is 0 Å². The smallest absolute Gasteiger partial charge is 0.246 e. The quantitative estimate of drug-likeness (QED) is 0.851. The average Bonchev–Trinajstić information content (AvgIpc) is 2.27. The summed E-state index contributed by atoms with van der Waals surface area (Å²) >= 11 is 0. The second-order valence-electron chi connectivity index (χ2n) is 4.32. The molecular weight excluding hydrogens is 214 g/mol. The van der Waals surface area contributed by atoms with Gasteiger partial charge in [0.2, 0.25) is 5.91 Å². The van der Waals surface area contributed by atoms with E-state index < -0.39 is 0 Å². The van der Waals surface area contributed by atoms with Crippen molar-refractivity contribution in [2.45, 2.75) is 33.2 Å². The summed E-state index contributed by atoms with van der Waals surface area (Å²) in [5.41, 5.74) is 3.64. The summed E-state index contributed by atoms with van der Waals surface area (Å²) in [7, 11) is 1.53. The second kappa shape index (κ2) is 6.40. The van der Waals surface area contributed by atoms with Crippen LogP contribution in [0.1, 0.15) is 36.1 Å². The average molecular weight is 235 g/mol. The number of nitrogens with one attached hydrogen (secondary N) is 1. The summed E-state index contributed by atoms with van der Waals surface area (Å²) in [6.07, 6.45) is 0.874. The normalized spacial score (nSPS) is 12.2. The SMILES string of the molecule is CC[C@H](NC(=O)COC)c1ccc(C)cc1C. The van der Waals surface area contributed by atoms with Crippen molar-refractivity contribution in [3.8, 4) is 0 Å². The fourth-order valence-corrected chi connectivity index (χ4v) is 1.98. The minimum atomic E-state index is -0.0701. The van der Waals surface area contributed by atoms with Gasteiger partial charge in [0.1, 0.15) is 6.61 Å². The maximum Gasteiger partial charge on any atom is 0.246 e. The maximum absolute atomic E-state index is 11.5. The molecule has 1 atom stereocenters. The fourth-order valence-electron chi connectivity index (χ4n) is 1.98. The molecule has 0 aliphatic heterocycles. The summed E-state index contributed by atoms with van der Waals surface area (Å²) in [6, 6.07) is 6.37. The Morgan fingerprint density at radius 3 is 2.65 bits per heavy atom. The first-order chi connectivity index (χ1) is 8.08. The summed E-state index contributed by atoms with van der Waals surface area (Å²) in [4.78, 5) is 11.5. The van der Waals surface area contributed by atoms with Crippen molar-refractivity contribution >= 4 is 5.91 Å². The molecule has 1 aromatic carbocycles. The Morgan fingerprint density at radius 2 is 2.12 bits per heavy atom. The molecule has 1 aromatic rings. The van der Waals surface area contributed by atoms with Gasteiger partial charge in [0.15, 0.2) is 0 Å². The Balaban J connectivity index is 2.82. The molecule has 3 heteroatoms. The van der Waals surface area contributed by atoms with E-state index in [1.165, 1.54) is 23.8 Å². The number of hydrogen-bond donors (Lipinski definition) is 1. The van der Waals surface area contributed by atoms with Crippen LogP contribution in [0.5, 0.6) is 0 Å². The molecular formula is C14H21NO2.